The molecule has 3 aromatic rings. The van der Waals surface area contributed by atoms with Gasteiger partial charge in [-0.3, -0.25) is 20.2 Å². The van der Waals surface area contributed by atoms with E-state index >= 15 is 0 Å². The topological polar surface area (TPSA) is 125 Å². The number of nitrogens with zero attached hydrogens (tertiary/aromatic N) is 4. The first-order chi connectivity index (χ1) is 12.8. The fourth-order valence-electron chi connectivity index (χ4n) is 2.13. The molecule has 0 N–H and O–H groups in total. The smallest absolute Gasteiger partial charge is 0.288 e. The van der Waals surface area contributed by atoms with Crippen LogP contribution in [0.2, 0.25) is 5.02 Å². The Bertz CT molecular complexity index is 1060. The summed E-state index contributed by atoms with van der Waals surface area (Å²) in [6, 6.07) is 9.74. The van der Waals surface area contributed by atoms with E-state index in [9.17, 15) is 20.2 Å². The summed E-state index contributed by atoms with van der Waals surface area (Å²) in [4.78, 5) is 20.5. The molecule has 0 aliphatic rings. The molecule has 1 heterocycles. The highest BCUT2D eigenvalue weighted by Crippen LogP contribution is 2.29. The van der Waals surface area contributed by atoms with Gasteiger partial charge in [-0.2, -0.15) is 0 Å². The van der Waals surface area contributed by atoms with E-state index in [4.69, 9.17) is 27.6 Å². The lowest BCUT2D eigenvalue weighted by Gasteiger charge is -1.98. The van der Waals surface area contributed by atoms with Crippen molar-refractivity contribution in [1.82, 2.24) is 10.2 Å². The van der Waals surface area contributed by atoms with Crippen LogP contribution in [0.5, 0.6) is 0 Å². The molecule has 0 aliphatic carbocycles. The van der Waals surface area contributed by atoms with Gasteiger partial charge in [0.15, 0.2) is 0 Å². The number of hydrogen-bond donors (Lipinski definition) is 0. The van der Waals surface area contributed by atoms with Gasteiger partial charge in [-0.25, -0.2) is 0 Å². The lowest BCUT2D eigenvalue weighted by atomic mass is 10.2. The van der Waals surface area contributed by atoms with E-state index in [1.54, 1.807) is 6.07 Å². The normalized spacial score (nSPS) is 11.4. The Hall–Kier alpha value is -3.30. The minimum absolute atomic E-state index is 0.00604. The van der Waals surface area contributed by atoms with Crippen LogP contribution in [-0.4, -0.2) is 20.0 Å². The summed E-state index contributed by atoms with van der Waals surface area (Å²) in [7, 11) is 0. The van der Waals surface area contributed by atoms with Crippen LogP contribution in [0, 0.1) is 20.2 Å². The first-order valence-electron chi connectivity index (χ1n) is 7.25. The third-order valence-corrected chi connectivity index (χ3v) is 4.01. The molecule has 0 aliphatic heterocycles. The van der Waals surface area contributed by atoms with Crippen molar-refractivity contribution in [3.8, 4) is 11.5 Å². The van der Waals surface area contributed by atoms with Gasteiger partial charge < -0.3 is 4.42 Å². The molecule has 0 amide bonds. The average molecular weight is 407 g/mol. The predicted molar refractivity (Wildman–Crippen MR) is 98.2 cm³/mol. The molecule has 9 nitrogen and oxygen atoms in total. The molecule has 1 aromatic heterocycles. The summed E-state index contributed by atoms with van der Waals surface area (Å²) in [5.41, 5.74) is 0.574. The van der Waals surface area contributed by atoms with E-state index < -0.39 is 9.85 Å². The summed E-state index contributed by atoms with van der Waals surface area (Å²) < 4.78 is 5.45. The van der Waals surface area contributed by atoms with Crippen molar-refractivity contribution in [2.45, 2.75) is 0 Å². The minimum Gasteiger partial charge on any atom is -0.415 e. The van der Waals surface area contributed by atoms with Gasteiger partial charge in [-0.15, -0.1) is 10.2 Å². The number of aromatic nitrogens is 2. The Morgan fingerprint density at radius 2 is 1.74 bits per heavy atom. The minimum atomic E-state index is -0.604. The zero-order valence-corrected chi connectivity index (χ0v) is 14.7. The van der Waals surface area contributed by atoms with Gasteiger partial charge >= 0.3 is 0 Å². The second kappa shape index (κ2) is 7.52. The number of hydrogen-bond acceptors (Lipinski definition) is 7. The highest BCUT2D eigenvalue weighted by molar-refractivity contribution is 6.50. The van der Waals surface area contributed by atoms with Crippen molar-refractivity contribution in [2.75, 3.05) is 0 Å². The van der Waals surface area contributed by atoms with E-state index in [1.807, 2.05) is 0 Å². The van der Waals surface area contributed by atoms with E-state index in [-0.39, 0.29) is 33.2 Å². The Morgan fingerprint density at radius 3 is 2.37 bits per heavy atom. The van der Waals surface area contributed by atoms with Crippen molar-refractivity contribution >= 4 is 45.7 Å². The lowest BCUT2D eigenvalue weighted by Crippen LogP contribution is -1.89. The van der Waals surface area contributed by atoms with E-state index in [0.29, 0.717) is 11.1 Å². The predicted octanol–water partition coefficient (Wildman–Crippen LogP) is 4.94. The van der Waals surface area contributed by atoms with Crippen molar-refractivity contribution in [1.29, 1.82) is 0 Å². The highest BCUT2D eigenvalue weighted by atomic mass is 35.5. The molecular formula is C16H8Cl2N4O5. The summed E-state index contributed by atoms with van der Waals surface area (Å²) >= 11 is 11.9. The third kappa shape index (κ3) is 4.10. The Morgan fingerprint density at radius 1 is 1.04 bits per heavy atom. The van der Waals surface area contributed by atoms with Gasteiger partial charge in [0.25, 0.3) is 17.3 Å². The van der Waals surface area contributed by atoms with Crippen LogP contribution in [0.3, 0.4) is 0 Å². The van der Waals surface area contributed by atoms with Crippen molar-refractivity contribution in [3.05, 3.63) is 79.2 Å². The van der Waals surface area contributed by atoms with Crippen LogP contribution < -0.4 is 0 Å². The lowest BCUT2D eigenvalue weighted by molar-refractivity contribution is -0.385. The Balaban J connectivity index is 1.87. The highest BCUT2D eigenvalue weighted by Gasteiger charge is 2.15. The average Bonchev–Trinajstić information content (AvgIpc) is 3.13. The molecule has 0 saturated carbocycles. The number of benzene rings is 2. The summed E-state index contributed by atoms with van der Waals surface area (Å²) in [5.74, 6) is 0.108. The molecule has 3 rings (SSSR count). The zero-order chi connectivity index (χ0) is 19.6. The monoisotopic (exact) mass is 406 g/mol. The van der Waals surface area contributed by atoms with Gasteiger partial charge in [0.05, 0.1) is 9.85 Å². The maximum atomic E-state index is 10.9. The molecule has 0 fully saturated rings. The van der Waals surface area contributed by atoms with Crippen LogP contribution in [0.15, 0.2) is 46.9 Å². The first-order valence-corrected chi connectivity index (χ1v) is 8.00. The van der Waals surface area contributed by atoms with E-state index in [2.05, 4.69) is 10.2 Å². The van der Waals surface area contributed by atoms with Crippen LogP contribution >= 0.6 is 23.2 Å². The largest absolute Gasteiger partial charge is 0.415 e. The van der Waals surface area contributed by atoms with Gasteiger partial charge in [-0.1, -0.05) is 29.3 Å². The number of halogens is 2. The second-order valence-electron chi connectivity index (χ2n) is 5.18. The van der Waals surface area contributed by atoms with Crippen LogP contribution in [0.25, 0.3) is 22.6 Å². The Kier molecular flexibility index (Phi) is 5.15. The number of non-ortho nitro benzene ring substituents is 1. The molecule has 0 atom stereocenters. The Labute approximate surface area is 161 Å². The fourth-order valence-corrected chi connectivity index (χ4v) is 2.52. The number of nitro groups is 2. The van der Waals surface area contributed by atoms with Crippen LogP contribution in [0.1, 0.15) is 11.5 Å². The van der Waals surface area contributed by atoms with Gasteiger partial charge in [-0.05, 0) is 29.8 Å². The third-order valence-electron chi connectivity index (χ3n) is 3.41. The molecule has 0 unspecified atom stereocenters. The van der Waals surface area contributed by atoms with Crippen molar-refractivity contribution in [2.24, 2.45) is 0 Å². The summed E-state index contributed by atoms with van der Waals surface area (Å²) in [6.07, 6.45) is 1.41. The number of nitro benzene ring substituents is 2. The van der Waals surface area contributed by atoms with Gasteiger partial charge in [0, 0.05) is 23.8 Å². The quantitative estimate of drug-likeness (QED) is 0.433. The standard InChI is InChI=1S/C16H8Cl2N4O5/c17-12-6-1-9(8-14(12)22(25)26)7-13(18)16-20-19-15(27-16)10-2-4-11(5-3-10)21(23)24/h1-8H/b13-7-. The van der Waals surface area contributed by atoms with E-state index in [0.717, 1.165) is 0 Å². The molecule has 0 bridgehead atoms. The van der Waals surface area contributed by atoms with Crippen LogP contribution in [-0.2, 0) is 0 Å². The summed E-state index contributed by atoms with van der Waals surface area (Å²) in [5, 5.41) is 29.3. The molecule has 136 valence electrons. The molecule has 2 aromatic carbocycles. The molecular weight excluding hydrogens is 399 g/mol. The number of rotatable bonds is 5. The van der Waals surface area contributed by atoms with E-state index in [1.165, 1.54) is 42.5 Å². The molecule has 0 saturated heterocycles. The van der Waals surface area contributed by atoms with Crippen molar-refractivity contribution in [3.63, 3.8) is 0 Å². The van der Waals surface area contributed by atoms with Crippen LogP contribution in [0.4, 0.5) is 11.4 Å². The van der Waals surface area contributed by atoms with Gasteiger partial charge in [0.2, 0.25) is 5.89 Å². The molecule has 0 spiro atoms. The SMILES string of the molecule is O=[N+]([O-])c1ccc(-c2nnc(/C(Cl)=C/c3ccc(Cl)c([N+](=O)[O-])c3)o2)cc1. The van der Waals surface area contributed by atoms with Crippen molar-refractivity contribution < 1.29 is 14.3 Å². The zero-order valence-electron chi connectivity index (χ0n) is 13.2. The second-order valence-corrected chi connectivity index (χ2v) is 5.99. The molecule has 11 heteroatoms. The molecule has 27 heavy (non-hydrogen) atoms. The maximum absolute atomic E-state index is 10.9. The summed E-state index contributed by atoms with van der Waals surface area (Å²) in [6.45, 7) is 0. The first kappa shape index (κ1) is 18.5. The molecule has 0 radical (unpaired) electrons. The van der Waals surface area contributed by atoms with Gasteiger partial charge in [0.1, 0.15) is 10.1 Å². The maximum Gasteiger partial charge on any atom is 0.288 e. The fraction of sp³-hybridized carbons (Fsp3) is 0.